The van der Waals surface area contributed by atoms with Crippen LogP contribution in [0.15, 0.2) is 100 Å². The molecule has 7 rings (SSSR count). The Balaban J connectivity index is 1.55. The fourth-order valence-electron chi connectivity index (χ4n) is 5.61. The normalized spacial score (nSPS) is 17.3. The first-order valence-electron chi connectivity index (χ1n) is 11.8. The summed E-state index contributed by atoms with van der Waals surface area (Å²) in [7, 11) is 0. The number of hydrogen-bond acceptors (Lipinski definition) is 5. The number of anilines is 1. The highest BCUT2D eigenvalue weighted by atomic mass is 32.2. The fraction of sp³-hybridized carbons (Fsp3) is 0.133. The van der Waals surface area contributed by atoms with E-state index in [1.54, 1.807) is 11.8 Å². The number of hydrogen-bond donors (Lipinski definition) is 0. The van der Waals surface area contributed by atoms with E-state index in [1.165, 1.54) is 26.9 Å². The van der Waals surface area contributed by atoms with E-state index in [1.807, 2.05) is 26.0 Å². The van der Waals surface area contributed by atoms with Crippen LogP contribution in [0.1, 0.15) is 25.5 Å². The van der Waals surface area contributed by atoms with E-state index in [0.29, 0.717) is 17.9 Å². The van der Waals surface area contributed by atoms with E-state index in [-0.39, 0.29) is 12.0 Å². The molecule has 0 amide bonds. The first-order valence-corrected chi connectivity index (χ1v) is 12.7. The summed E-state index contributed by atoms with van der Waals surface area (Å²) < 4.78 is 5.57. The quantitative estimate of drug-likeness (QED) is 0.201. The average Bonchev–Trinajstić information content (AvgIpc) is 3.24. The molecule has 1 atom stereocenters. The maximum absolute atomic E-state index is 13.4. The summed E-state index contributed by atoms with van der Waals surface area (Å²) in [4.78, 5) is 21.6. The summed E-state index contributed by atoms with van der Waals surface area (Å²) in [6.45, 7) is 4.09. The largest absolute Gasteiger partial charge is 0.463 e. The van der Waals surface area contributed by atoms with Gasteiger partial charge in [-0.1, -0.05) is 66.7 Å². The summed E-state index contributed by atoms with van der Waals surface area (Å²) in [6, 6.07) is 27.6. The van der Waals surface area contributed by atoms with Crippen molar-refractivity contribution < 1.29 is 9.53 Å². The number of rotatable bonds is 3. The van der Waals surface area contributed by atoms with Gasteiger partial charge in [-0.15, -0.1) is 0 Å². The molecule has 0 N–H and O–H groups in total. The van der Waals surface area contributed by atoms with Crippen LogP contribution in [0, 0.1) is 0 Å². The Morgan fingerprint density at radius 2 is 1.63 bits per heavy atom. The van der Waals surface area contributed by atoms with Crippen molar-refractivity contribution in [3.8, 4) is 0 Å². The molecule has 5 aromatic carbocycles. The minimum Gasteiger partial charge on any atom is -0.463 e. The summed E-state index contributed by atoms with van der Waals surface area (Å²) in [5.41, 5.74) is 3.47. The fourth-order valence-corrected chi connectivity index (χ4v) is 6.71. The van der Waals surface area contributed by atoms with Crippen LogP contribution in [0.3, 0.4) is 0 Å². The molecule has 4 nitrogen and oxygen atoms in total. The molecule has 0 spiro atoms. The highest BCUT2D eigenvalue weighted by Crippen LogP contribution is 2.51. The van der Waals surface area contributed by atoms with E-state index in [4.69, 9.17) is 9.73 Å². The third-order valence-corrected chi connectivity index (χ3v) is 8.10. The van der Waals surface area contributed by atoms with Crippen LogP contribution in [0.5, 0.6) is 0 Å². The van der Waals surface area contributed by atoms with Gasteiger partial charge in [0, 0.05) is 4.90 Å². The number of para-hydroxylation sites is 1. The number of allylic oxidation sites excluding steroid dienone is 1. The summed E-state index contributed by atoms with van der Waals surface area (Å²) in [5, 5.41) is 8.21. The molecule has 0 bridgehead atoms. The second-order valence-electron chi connectivity index (χ2n) is 8.97. The van der Waals surface area contributed by atoms with Crippen molar-refractivity contribution >= 4 is 60.9 Å². The molecule has 0 aromatic heterocycles. The molecule has 0 saturated carbocycles. The van der Waals surface area contributed by atoms with E-state index >= 15 is 0 Å². The molecule has 0 aliphatic carbocycles. The predicted octanol–water partition coefficient (Wildman–Crippen LogP) is 7.44. The van der Waals surface area contributed by atoms with Crippen molar-refractivity contribution in [3.63, 3.8) is 0 Å². The molecule has 5 aromatic rings. The summed E-state index contributed by atoms with van der Waals surface area (Å²) in [5.74, 6) is -0.308. The number of fused-ring (bicyclic) bond motifs is 3. The van der Waals surface area contributed by atoms with Crippen LogP contribution in [0.2, 0.25) is 0 Å². The zero-order valence-electron chi connectivity index (χ0n) is 19.4. The number of benzene rings is 5. The summed E-state index contributed by atoms with van der Waals surface area (Å²) >= 11 is 1.65. The van der Waals surface area contributed by atoms with Crippen molar-refractivity contribution in [2.75, 3.05) is 11.5 Å². The van der Waals surface area contributed by atoms with Crippen LogP contribution in [-0.4, -0.2) is 17.7 Å². The predicted molar refractivity (Wildman–Crippen MR) is 144 cm³/mol. The first-order chi connectivity index (χ1) is 17.2. The number of aliphatic imine (C=N–C) groups is 1. The number of nitrogens with zero attached hydrogens (tertiary/aromatic N) is 2. The zero-order chi connectivity index (χ0) is 23.7. The zero-order valence-corrected chi connectivity index (χ0v) is 20.2. The van der Waals surface area contributed by atoms with Gasteiger partial charge in [-0.3, -0.25) is 0 Å². The number of esters is 1. The third kappa shape index (κ3) is 2.88. The molecule has 0 saturated heterocycles. The van der Waals surface area contributed by atoms with Gasteiger partial charge in [-0.2, -0.15) is 0 Å². The highest BCUT2D eigenvalue weighted by Gasteiger charge is 2.42. The van der Waals surface area contributed by atoms with Crippen LogP contribution >= 0.6 is 11.8 Å². The van der Waals surface area contributed by atoms with Gasteiger partial charge < -0.3 is 9.64 Å². The molecule has 2 aliphatic heterocycles. The number of carbonyl (C=O) groups excluding carboxylic acids is 1. The Kier molecular flexibility index (Phi) is 4.45. The maximum atomic E-state index is 13.4. The standard InChI is InChI=1S/C30H22N2O2S/c1-3-34-29(33)25-17(2)31-30-32(23-9-4-5-10-24(23)35-30)28(25)22-16-14-20-12-11-18-7-6-8-19-13-15-21(22)27(20)26(18)19/h4-16,28H,3H2,1-2H3. The minimum absolute atomic E-state index is 0.308. The molecule has 170 valence electrons. The lowest BCUT2D eigenvalue weighted by Crippen LogP contribution is -2.37. The molecule has 0 radical (unpaired) electrons. The van der Waals surface area contributed by atoms with Crippen LogP contribution < -0.4 is 4.90 Å². The lowest BCUT2D eigenvalue weighted by atomic mass is 9.86. The minimum atomic E-state index is -0.331. The lowest BCUT2D eigenvalue weighted by Gasteiger charge is -2.35. The number of thioether (sulfide) groups is 1. The van der Waals surface area contributed by atoms with E-state index in [9.17, 15) is 4.79 Å². The summed E-state index contributed by atoms with van der Waals surface area (Å²) in [6.07, 6.45) is 0. The average molecular weight is 475 g/mol. The first kappa shape index (κ1) is 20.5. The van der Waals surface area contributed by atoms with Gasteiger partial charge >= 0.3 is 5.97 Å². The van der Waals surface area contributed by atoms with Gasteiger partial charge in [0.05, 0.1) is 29.6 Å². The van der Waals surface area contributed by atoms with Gasteiger partial charge in [0.15, 0.2) is 5.17 Å². The number of ether oxygens (including phenoxy) is 1. The van der Waals surface area contributed by atoms with Crippen molar-refractivity contribution in [1.82, 2.24) is 0 Å². The second-order valence-corrected chi connectivity index (χ2v) is 9.98. The highest BCUT2D eigenvalue weighted by molar-refractivity contribution is 8.14. The Hall–Kier alpha value is -3.83. The van der Waals surface area contributed by atoms with Crippen LogP contribution in [-0.2, 0) is 9.53 Å². The molecule has 0 fully saturated rings. The van der Waals surface area contributed by atoms with E-state index in [0.717, 1.165) is 26.7 Å². The number of amidine groups is 1. The monoisotopic (exact) mass is 474 g/mol. The van der Waals surface area contributed by atoms with Gasteiger partial charge in [0.2, 0.25) is 0 Å². The van der Waals surface area contributed by atoms with E-state index < -0.39 is 0 Å². The Labute approximate surface area is 207 Å². The molecule has 35 heavy (non-hydrogen) atoms. The van der Waals surface area contributed by atoms with Gasteiger partial charge in [-0.25, -0.2) is 9.79 Å². The van der Waals surface area contributed by atoms with Gasteiger partial charge in [0.25, 0.3) is 0 Å². The van der Waals surface area contributed by atoms with Crippen LogP contribution in [0.25, 0.3) is 32.3 Å². The number of carbonyl (C=O) groups is 1. The van der Waals surface area contributed by atoms with E-state index in [2.05, 4.69) is 71.6 Å². The lowest BCUT2D eigenvalue weighted by molar-refractivity contribution is -0.138. The Morgan fingerprint density at radius 3 is 2.43 bits per heavy atom. The molecule has 5 heteroatoms. The Morgan fingerprint density at radius 1 is 0.914 bits per heavy atom. The second kappa shape index (κ2) is 7.59. The third-order valence-electron chi connectivity index (χ3n) is 7.07. The molecule has 2 heterocycles. The van der Waals surface area contributed by atoms with Crippen molar-refractivity contribution in [2.45, 2.75) is 24.8 Å². The molecule has 1 unspecified atom stereocenters. The topological polar surface area (TPSA) is 41.9 Å². The molecule has 2 aliphatic rings. The SMILES string of the molecule is CCOC(=O)C1=C(C)N=C2Sc3ccccc3N2C1c1ccc2ccc3cccc4ccc1c2c34. The van der Waals surface area contributed by atoms with Crippen molar-refractivity contribution in [3.05, 3.63) is 95.7 Å². The van der Waals surface area contributed by atoms with Gasteiger partial charge in [-0.05, 0) is 75.6 Å². The van der Waals surface area contributed by atoms with Crippen molar-refractivity contribution in [1.29, 1.82) is 0 Å². The smallest absolute Gasteiger partial charge is 0.338 e. The maximum Gasteiger partial charge on any atom is 0.338 e. The van der Waals surface area contributed by atoms with Crippen LogP contribution in [0.4, 0.5) is 5.69 Å². The van der Waals surface area contributed by atoms with Gasteiger partial charge in [0.1, 0.15) is 0 Å². The Bertz CT molecular complexity index is 1720. The molecular weight excluding hydrogens is 452 g/mol. The molecular formula is C30H22N2O2S. The van der Waals surface area contributed by atoms with Crippen molar-refractivity contribution in [2.24, 2.45) is 4.99 Å².